The zero-order valence-corrected chi connectivity index (χ0v) is 13.7. The number of nitriles is 1. The van der Waals surface area contributed by atoms with E-state index in [4.69, 9.17) is 9.84 Å². The Morgan fingerprint density at radius 1 is 1.39 bits per heavy atom. The molecule has 1 N–H and O–H groups in total. The predicted molar refractivity (Wildman–Crippen MR) is 89.3 cm³/mol. The summed E-state index contributed by atoms with van der Waals surface area (Å²) in [5.74, 6) is -0.292. The third kappa shape index (κ3) is 4.66. The lowest BCUT2D eigenvalue weighted by molar-refractivity contribution is -0.137. The summed E-state index contributed by atoms with van der Waals surface area (Å²) in [6, 6.07) is 9.32. The first-order valence-electron chi connectivity index (χ1n) is 7.00. The van der Waals surface area contributed by atoms with Crippen LogP contribution in [0.4, 0.5) is 0 Å². The number of nitrogens with zero attached hydrogens (tertiary/aromatic N) is 2. The molecule has 0 aliphatic rings. The molecular formula is C17H16N2O3S. The molecule has 0 unspecified atom stereocenters. The van der Waals surface area contributed by atoms with E-state index in [0.29, 0.717) is 16.3 Å². The second-order valence-electron chi connectivity index (χ2n) is 4.89. The van der Waals surface area contributed by atoms with Crippen molar-refractivity contribution < 1.29 is 14.6 Å². The highest BCUT2D eigenvalue weighted by atomic mass is 32.1. The minimum Gasteiger partial charge on any atom is -0.493 e. The second-order valence-corrected chi connectivity index (χ2v) is 6.09. The van der Waals surface area contributed by atoms with E-state index >= 15 is 0 Å². The van der Waals surface area contributed by atoms with E-state index in [1.165, 1.54) is 11.3 Å². The van der Waals surface area contributed by atoms with Crippen LogP contribution >= 0.6 is 11.3 Å². The summed E-state index contributed by atoms with van der Waals surface area (Å²) in [5, 5.41) is 18.6. The molecule has 2 rings (SSSR count). The fraction of sp³-hybridized carbons (Fsp3) is 0.235. The van der Waals surface area contributed by atoms with Gasteiger partial charge in [-0.25, -0.2) is 4.98 Å². The molecule has 0 bridgehead atoms. The lowest BCUT2D eigenvalue weighted by atomic mass is 10.1. The summed E-state index contributed by atoms with van der Waals surface area (Å²) >= 11 is 1.50. The molecule has 6 heteroatoms. The fourth-order valence-corrected chi connectivity index (χ4v) is 2.69. The third-order valence-electron chi connectivity index (χ3n) is 3.16. The van der Waals surface area contributed by atoms with Crippen molar-refractivity contribution in [1.82, 2.24) is 4.98 Å². The lowest BCUT2D eigenvalue weighted by Crippen LogP contribution is -2.04. The quantitative estimate of drug-likeness (QED) is 0.818. The highest BCUT2D eigenvalue weighted by Crippen LogP contribution is 2.25. The molecule has 0 radical (unpaired) electrons. The highest BCUT2D eigenvalue weighted by molar-refractivity contribution is 7.12. The molecule has 0 aliphatic heterocycles. The van der Waals surface area contributed by atoms with Crippen LogP contribution in [-0.2, 0) is 4.79 Å². The number of carboxylic acid groups (broad SMARTS) is 1. The maximum Gasteiger partial charge on any atom is 0.306 e. The molecule has 0 spiro atoms. The topological polar surface area (TPSA) is 83.2 Å². The number of rotatable bonds is 6. The fourth-order valence-electron chi connectivity index (χ4n) is 1.81. The van der Waals surface area contributed by atoms with Crippen molar-refractivity contribution in [3.8, 4) is 11.8 Å². The standard InChI is InChI=1S/C17H16N2O3S/c1-11-12(2)23-17(19-11)14(10-18)9-13-3-5-15(6-4-13)22-8-7-16(20)21/h3-6,9H,7-8H2,1-2H3,(H,20,21). The summed E-state index contributed by atoms with van der Waals surface area (Å²) in [4.78, 5) is 15.9. The van der Waals surface area contributed by atoms with Gasteiger partial charge in [0.15, 0.2) is 0 Å². The number of ether oxygens (including phenoxy) is 1. The van der Waals surface area contributed by atoms with Gasteiger partial charge in [0.1, 0.15) is 16.8 Å². The molecule has 1 aromatic heterocycles. The Morgan fingerprint density at radius 3 is 2.61 bits per heavy atom. The van der Waals surface area contributed by atoms with Crippen LogP contribution in [0.3, 0.4) is 0 Å². The predicted octanol–water partition coefficient (Wildman–Crippen LogP) is 3.68. The Hall–Kier alpha value is -2.65. The maximum absolute atomic E-state index is 10.4. The number of aliphatic carboxylic acids is 1. The van der Waals surface area contributed by atoms with E-state index in [0.717, 1.165) is 16.1 Å². The summed E-state index contributed by atoms with van der Waals surface area (Å²) in [6.45, 7) is 4.04. The number of aryl methyl sites for hydroxylation is 2. The molecule has 0 saturated heterocycles. The normalized spacial score (nSPS) is 11.1. The molecule has 5 nitrogen and oxygen atoms in total. The average Bonchev–Trinajstić information content (AvgIpc) is 2.85. The van der Waals surface area contributed by atoms with Crippen molar-refractivity contribution in [3.05, 3.63) is 45.4 Å². The van der Waals surface area contributed by atoms with E-state index in [9.17, 15) is 10.1 Å². The molecule has 2 aromatic rings. The van der Waals surface area contributed by atoms with Crippen LogP contribution in [0.15, 0.2) is 24.3 Å². The lowest BCUT2D eigenvalue weighted by Gasteiger charge is -2.04. The van der Waals surface area contributed by atoms with Crippen LogP contribution < -0.4 is 4.74 Å². The Balaban J connectivity index is 2.11. The van der Waals surface area contributed by atoms with Crippen molar-refractivity contribution in [2.75, 3.05) is 6.61 Å². The van der Waals surface area contributed by atoms with E-state index in [1.807, 2.05) is 26.0 Å². The van der Waals surface area contributed by atoms with Gasteiger partial charge in [-0.3, -0.25) is 4.79 Å². The van der Waals surface area contributed by atoms with E-state index in [1.54, 1.807) is 18.2 Å². The van der Waals surface area contributed by atoms with Gasteiger partial charge in [-0.15, -0.1) is 11.3 Å². The number of benzene rings is 1. The first kappa shape index (κ1) is 16.7. The Morgan fingerprint density at radius 2 is 2.09 bits per heavy atom. The molecule has 1 heterocycles. The van der Waals surface area contributed by atoms with Crippen molar-refractivity contribution in [3.63, 3.8) is 0 Å². The summed E-state index contributed by atoms with van der Waals surface area (Å²) in [7, 11) is 0. The Kier molecular flexibility index (Phi) is 5.50. The van der Waals surface area contributed by atoms with Crippen LogP contribution in [0, 0.1) is 25.2 Å². The van der Waals surface area contributed by atoms with Gasteiger partial charge in [0.25, 0.3) is 0 Å². The summed E-state index contributed by atoms with van der Waals surface area (Å²) < 4.78 is 5.33. The number of carboxylic acids is 1. The maximum atomic E-state index is 10.4. The van der Waals surface area contributed by atoms with Crippen molar-refractivity contribution in [1.29, 1.82) is 5.26 Å². The molecule has 118 valence electrons. The van der Waals surface area contributed by atoms with Crippen molar-refractivity contribution >= 4 is 29.0 Å². The molecule has 0 fully saturated rings. The van der Waals surface area contributed by atoms with Crippen molar-refractivity contribution in [2.45, 2.75) is 20.3 Å². The Bertz CT molecular complexity index is 751. The first-order valence-corrected chi connectivity index (χ1v) is 7.82. The second kappa shape index (κ2) is 7.56. The number of hydrogen-bond acceptors (Lipinski definition) is 5. The molecule has 0 saturated carbocycles. The summed E-state index contributed by atoms with van der Waals surface area (Å²) in [6.07, 6.45) is 1.74. The smallest absolute Gasteiger partial charge is 0.306 e. The van der Waals surface area contributed by atoms with Gasteiger partial charge in [0, 0.05) is 4.88 Å². The minimum atomic E-state index is -0.891. The number of carbonyl (C=O) groups is 1. The van der Waals surface area contributed by atoms with Crippen LogP contribution in [0.5, 0.6) is 5.75 Å². The van der Waals surface area contributed by atoms with Gasteiger partial charge in [0.2, 0.25) is 0 Å². The Labute approximate surface area is 138 Å². The van der Waals surface area contributed by atoms with Crippen LogP contribution in [0.2, 0.25) is 0 Å². The van der Waals surface area contributed by atoms with Gasteiger partial charge in [0.05, 0.1) is 24.3 Å². The number of allylic oxidation sites excluding steroid dienone is 1. The SMILES string of the molecule is Cc1nc(C(C#N)=Cc2ccc(OCCC(=O)O)cc2)sc1C. The minimum absolute atomic E-state index is 0.0387. The van der Waals surface area contributed by atoms with Gasteiger partial charge < -0.3 is 9.84 Å². The number of hydrogen-bond donors (Lipinski definition) is 1. The zero-order chi connectivity index (χ0) is 16.8. The van der Waals surface area contributed by atoms with Crippen LogP contribution in [-0.4, -0.2) is 22.7 Å². The van der Waals surface area contributed by atoms with Crippen LogP contribution in [0.25, 0.3) is 11.6 Å². The first-order chi connectivity index (χ1) is 11.0. The molecule has 0 amide bonds. The largest absolute Gasteiger partial charge is 0.493 e. The molecule has 0 atom stereocenters. The van der Waals surface area contributed by atoms with Crippen LogP contribution in [0.1, 0.15) is 27.6 Å². The third-order valence-corrected chi connectivity index (χ3v) is 4.26. The van der Waals surface area contributed by atoms with Gasteiger partial charge in [-0.05, 0) is 37.6 Å². The molecule has 1 aromatic carbocycles. The van der Waals surface area contributed by atoms with Gasteiger partial charge in [-0.1, -0.05) is 12.1 Å². The van der Waals surface area contributed by atoms with E-state index in [2.05, 4.69) is 11.1 Å². The zero-order valence-electron chi connectivity index (χ0n) is 12.9. The van der Waals surface area contributed by atoms with E-state index < -0.39 is 5.97 Å². The number of aromatic nitrogens is 1. The monoisotopic (exact) mass is 328 g/mol. The average molecular weight is 328 g/mol. The van der Waals surface area contributed by atoms with Gasteiger partial charge in [-0.2, -0.15) is 5.26 Å². The van der Waals surface area contributed by atoms with Gasteiger partial charge >= 0.3 is 5.97 Å². The van der Waals surface area contributed by atoms with E-state index in [-0.39, 0.29) is 13.0 Å². The highest BCUT2D eigenvalue weighted by Gasteiger charge is 2.09. The molecule has 23 heavy (non-hydrogen) atoms. The van der Waals surface area contributed by atoms with Crippen molar-refractivity contribution in [2.24, 2.45) is 0 Å². The molecule has 0 aliphatic carbocycles. The summed E-state index contributed by atoms with van der Waals surface area (Å²) in [5.41, 5.74) is 2.32. The number of thiazole rings is 1. The molecular weight excluding hydrogens is 312 g/mol.